The molecule has 0 bridgehead atoms. The van der Waals surface area contributed by atoms with Crippen molar-refractivity contribution in [2.24, 2.45) is 5.92 Å². The molecule has 0 heterocycles. The normalized spacial score (nSPS) is 18.5. The maximum absolute atomic E-state index is 14.4. The molecule has 0 saturated heterocycles. The monoisotopic (exact) mass is 410 g/mol. The topological polar surface area (TPSA) is 9.23 Å². The van der Waals surface area contributed by atoms with Crippen molar-refractivity contribution in [2.45, 2.75) is 71.1 Å². The summed E-state index contributed by atoms with van der Waals surface area (Å²) in [5.41, 5.74) is 2.22. The van der Waals surface area contributed by atoms with Crippen molar-refractivity contribution < 1.29 is 13.5 Å². The molecule has 0 radical (unpaired) electrons. The van der Waals surface area contributed by atoms with Gasteiger partial charge in [-0.05, 0) is 73.8 Å². The van der Waals surface area contributed by atoms with Gasteiger partial charge in [0.1, 0.15) is 0 Å². The minimum absolute atomic E-state index is 0.0451. The highest BCUT2D eigenvalue weighted by Crippen LogP contribution is 2.36. The summed E-state index contributed by atoms with van der Waals surface area (Å²) in [5.74, 6) is 5.29. The first-order chi connectivity index (χ1) is 14.6. The Morgan fingerprint density at radius 3 is 2.27 bits per heavy atom. The van der Waals surface area contributed by atoms with Crippen LogP contribution in [0.1, 0.15) is 87.8 Å². The zero-order valence-corrected chi connectivity index (χ0v) is 18.1. The van der Waals surface area contributed by atoms with Gasteiger partial charge in [0.05, 0.1) is 12.2 Å². The highest BCUT2D eigenvalue weighted by Gasteiger charge is 2.21. The number of hydrogen-bond acceptors (Lipinski definition) is 1. The van der Waals surface area contributed by atoms with Gasteiger partial charge in [-0.25, -0.2) is 4.39 Å². The van der Waals surface area contributed by atoms with Crippen LogP contribution in [0.4, 0.5) is 8.78 Å². The van der Waals surface area contributed by atoms with Crippen LogP contribution in [0.25, 0.3) is 0 Å². The molecule has 3 heteroatoms. The third kappa shape index (κ3) is 5.85. The average molecular weight is 411 g/mol. The van der Waals surface area contributed by atoms with Crippen LogP contribution < -0.4 is 4.74 Å². The first kappa shape index (κ1) is 22.3. The van der Waals surface area contributed by atoms with Crippen LogP contribution in [0.15, 0.2) is 36.4 Å². The summed E-state index contributed by atoms with van der Waals surface area (Å²) in [6.07, 6.45) is 9.29. The van der Waals surface area contributed by atoms with E-state index in [-0.39, 0.29) is 11.3 Å². The van der Waals surface area contributed by atoms with Gasteiger partial charge in [0, 0.05) is 5.56 Å². The molecule has 0 N–H and O–H groups in total. The first-order valence-corrected chi connectivity index (χ1v) is 11.3. The Balaban J connectivity index is 1.63. The highest BCUT2D eigenvalue weighted by atomic mass is 19.2. The van der Waals surface area contributed by atoms with Gasteiger partial charge in [0.15, 0.2) is 11.6 Å². The Labute approximate surface area is 179 Å². The zero-order chi connectivity index (χ0) is 21.3. The summed E-state index contributed by atoms with van der Waals surface area (Å²) in [7, 11) is 0. The van der Waals surface area contributed by atoms with Gasteiger partial charge in [-0.1, -0.05) is 57.1 Å². The van der Waals surface area contributed by atoms with Crippen LogP contribution in [0.2, 0.25) is 0 Å². The third-order valence-electron chi connectivity index (χ3n) is 6.20. The van der Waals surface area contributed by atoms with Gasteiger partial charge in [-0.15, -0.1) is 0 Å². The minimum atomic E-state index is -0.962. The molecule has 0 amide bonds. The molecule has 0 unspecified atom stereocenters. The molecule has 1 saturated carbocycles. The Morgan fingerprint density at radius 2 is 1.60 bits per heavy atom. The molecule has 1 aliphatic rings. The molecule has 2 aromatic carbocycles. The van der Waals surface area contributed by atoms with Gasteiger partial charge >= 0.3 is 0 Å². The van der Waals surface area contributed by atoms with E-state index in [2.05, 4.69) is 37.8 Å². The number of hydrogen-bond donors (Lipinski definition) is 0. The standard InChI is InChI=1S/C27H32F2O/c1-3-5-6-19-30-25-18-17-24(26(28)27(25)29)16-11-21-9-14-23(15-10-21)22-12-7-20(4-2)8-13-22/h9-10,14-15,17-18,20,22H,3-8,12-13,19H2,1-2H3. The van der Waals surface area contributed by atoms with E-state index < -0.39 is 11.6 Å². The molecule has 0 aromatic heterocycles. The van der Waals surface area contributed by atoms with E-state index >= 15 is 0 Å². The molecule has 0 spiro atoms. The van der Waals surface area contributed by atoms with Crippen molar-refractivity contribution in [3.63, 3.8) is 0 Å². The second-order valence-electron chi connectivity index (χ2n) is 8.29. The summed E-state index contributed by atoms with van der Waals surface area (Å²) in [6, 6.07) is 11.2. The summed E-state index contributed by atoms with van der Waals surface area (Å²) >= 11 is 0. The van der Waals surface area contributed by atoms with Crippen LogP contribution in [0.5, 0.6) is 5.75 Å². The molecular weight excluding hydrogens is 378 g/mol. The molecule has 1 fully saturated rings. The summed E-state index contributed by atoms with van der Waals surface area (Å²) in [5, 5.41) is 0. The van der Waals surface area contributed by atoms with Crippen LogP contribution >= 0.6 is 0 Å². The maximum Gasteiger partial charge on any atom is 0.201 e. The van der Waals surface area contributed by atoms with Crippen LogP contribution in [0, 0.1) is 29.4 Å². The molecule has 0 atom stereocenters. The van der Waals surface area contributed by atoms with E-state index in [1.807, 2.05) is 12.1 Å². The maximum atomic E-state index is 14.4. The van der Waals surface area contributed by atoms with E-state index in [1.54, 1.807) is 0 Å². The lowest BCUT2D eigenvalue weighted by Gasteiger charge is -2.28. The van der Waals surface area contributed by atoms with Gasteiger partial charge in [0.25, 0.3) is 0 Å². The van der Waals surface area contributed by atoms with Crippen molar-refractivity contribution in [3.8, 4) is 17.6 Å². The van der Waals surface area contributed by atoms with Crippen molar-refractivity contribution >= 4 is 0 Å². The van der Waals surface area contributed by atoms with Crippen molar-refractivity contribution in [2.75, 3.05) is 6.61 Å². The van der Waals surface area contributed by atoms with Crippen LogP contribution in [-0.4, -0.2) is 6.61 Å². The van der Waals surface area contributed by atoms with Gasteiger partial charge < -0.3 is 4.74 Å². The summed E-state index contributed by atoms with van der Waals surface area (Å²) < 4.78 is 34.0. The SMILES string of the molecule is CCCCCOc1ccc(C#Cc2ccc(C3CCC(CC)CC3)cc2)c(F)c1F. The lowest BCUT2D eigenvalue weighted by Crippen LogP contribution is -2.12. The number of ether oxygens (including phenoxy) is 1. The molecule has 30 heavy (non-hydrogen) atoms. The van der Waals surface area contributed by atoms with E-state index in [9.17, 15) is 8.78 Å². The number of halogens is 2. The second kappa shape index (κ2) is 11.2. The van der Waals surface area contributed by atoms with E-state index in [0.717, 1.165) is 30.7 Å². The molecule has 3 rings (SSSR count). The first-order valence-electron chi connectivity index (χ1n) is 11.3. The molecular formula is C27H32F2O. The van der Waals surface area contributed by atoms with E-state index in [0.29, 0.717) is 12.5 Å². The predicted octanol–water partition coefficient (Wildman–Crippen LogP) is 7.62. The minimum Gasteiger partial charge on any atom is -0.490 e. The smallest absolute Gasteiger partial charge is 0.201 e. The van der Waals surface area contributed by atoms with Crippen molar-refractivity contribution in [3.05, 3.63) is 64.7 Å². The molecule has 1 nitrogen and oxygen atoms in total. The molecule has 0 aliphatic heterocycles. The number of unbranched alkanes of at least 4 members (excludes halogenated alkanes) is 2. The molecule has 1 aliphatic carbocycles. The fraction of sp³-hybridized carbons (Fsp3) is 0.481. The fourth-order valence-corrected chi connectivity index (χ4v) is 4.16. The average Bonchev–Trinajstić information content (AvgIpc) is 2.79. The Kier molecular flexibility index (Phi) is 8.31. The lowest BCUT2D eigenvalue weighted by molar-refractivity contribution is 0.286. The molecule has 160 valence electrons. The van der Waals surface area contributed by atoms with Gasteiger partial charge in [0.2, 0.25) is 5.82 Å². The largest absolute Gasteiger partial charge is 0.490 e. The van der Waals surface area contributed by atoms with Crippen LogP contribution in [-0.2, 0) is 0 Å². The zero-order valence-electron chi connectivity index (χ0n) is 18.1. The molecule has 2 aromatic rings. The van der Waals surface area contributed by atoms with Crippen molar-refractivity contribution in [1.29, 1.82) is 0 Å². The highest BCUT2D eigenvalue weighted by molar-refractivity contribution is 5.46. The fourth-order valence-electron chi connectivity index (χ4n) is 4.16. The summed E-state index contributed by atoms with van der Waals surface area (Å²) in [4.78, 5) is 0. The second-order valence-corrected chi connectivity index (χ2v) is 8.29. The van der Waals surface area contributed by atoms with Gasteiger partial charge in [-0.3, -0.25) is 0 Å². The Bertz CT molecular complexity index is 868. The predicted molar refractivity (Wildman–Crippen MR) is 119 cm³/mol. The number of rotatable bonds is 7. The Hall–Kier alpha value is -2.34. The lowest BCUT2D eigenvalue weighted by atomic mass is 9.78. The van der Waals surface area contributed by atoms with E-state index in [1.165, 1.54) is 49.8 Å². The number of benzene rings is 2. The van der Waals surface area contributed by atoms with Crippen LogP contribution in [0.3, 0.4) is 0 Å². The quantitative estimate of drug-likeness (QED) is 0.337. The van der Waals surface area contributed by atoms with Gasteiger partial charge in [-0.2, -0.15) is 4.39 Å². The summed E-state index contributed by atoms with van der Waals surface area (Å²) in [6.45, 7) is 4.75. The Morgan fingerprint density at radius 1 is 0.867 bits per heavy atom. The third-order valence-corrected chi connectivity index (χ3v) is 6.20. The van der Waals surface area contributed by atoms with E-state index in [4.69, 9.17) is 4.74 Å². The van der Waals surface area contributed by atoms with Crippen molar-refractivity contribution in [1.82, 2.24) is 0 Å².